The number of hydrogen-bond donors (Lipinski definition) is 2. The van der Waals surface area contributed by atoms with Crippen LogP contribution in [0.1, 0.15) is 55.8 Å². The molecule has 0 spiro atoms. The Morgan fingerprint density at radius 3 is 2.57 bits per heavy atom. The molecule has 0 atom stereocenters. The van der Waals surface area contributed by atoms with E-state index in [0.717, 1.165) is 11.3 Å². The minimum atomic E-state index is -0.400. The van der Waals surface area contributed by atoms with Crippen molar-refractivity contribution in [2.24, 2.45) is 5.73 Å². The lowest BCUT2D eigenvalue weighted by atomic mass is 10.00. The number of carbonyl (C=O) groups is 2. The van der Waals surface area contributed by atoms with Crippen LogP contribution in [0.25, 0.3) is 0 Å². The van der Waals surface area contributed by atoms with Crippen LogP contribution in [0, 0.1) is 0 Å². The summed E-state index contributed by atoms with van der Waals surface area (Å²) in [6, 6.07) is 1.78. The first kappa shape index (κ1) is 17.7. The van der Waals surface area contributed by atoms with Crippen LogP contribution < -0.4 is 11.1 Å². The number of carbonyl (C=O) groups excluding carboxylic acids is 2. The summed E-state index contributed by atoms with van der Waals surface area (Å²) in [5.74, 6) is -0.536. The van der Waals surface area contributed by atoms with Gasteiger partial charge in [0.1, 0.15) is 5.00 Å². The predicted octanol–water partition coefficient (Wildman–Crippen LogP) is 2.94. The molecule has 1 aromatic rings. The van der Waals surface area contributed by atoms with Gasteiger partial charge >= 0.3 is 5.97 Å². The Morgan fingerprint density at radius 1 is 1.38 bits per heavy atom. The van der Waals surface area contributed by atoms with Crippen LogP contribution in [-0.2, 0) is 16.0 Å². The zero-order chi connectivity index (χ0) is 16.0. The van der Waals surface area contributed by atoms with Crippen LogP contribution in [0.15, 0.2) is 6.07 Å². The van der Waals surface area contributed by atoms with E-state index in [1.165, 1.54) is 11.3 Å². The second-order valence-electron chi connectivity index (χ2n) is 5.57. The second-order valence-corrected chi connectivity index (χ2v) is 6.70. The van der Waals surface area contributed by atoms with Crippen LogP contribution >= 0.6 is 11.3 Å². The first-order valence-corrected chi connectivity index (χ1v) is 7.97. The summed E-state index contributed by atoms with van der Waals surface area (Å²) in [6.07, 6.45) is 1.72. The highest BCUT2D eigenvalue weighted by Gasteiger charge is 2.19. The van der Waals surface area contributed by atoms with Crippen LogP contribution in [0.2, 0.25) is 0 Å². The minimum Gasteiger partial charge on any atom is -0.462 e. The third-order valence-electron chi connectivity index (χ3n) is 2.88. The van der Waals surface area contributed by atoms with Gasteiger partial charge in [0.15, 0.2) is 0 Å². The molecule has 1 amide bonds. The van der Waals surface area contributed by atoms with E-state index in [1.807, 2.05) is 20.8 Å². The molecule has 118 valence electrons. The average molecular weight is 312 g/mol. The van der Waals surface area contributed by atoms with E-state index in [2.05, 4.69) is 5.32 Å². The number of anilines is 1. The van der Waals surface area contributed by atoms with Gasteiger partial charge in [0, 0.05) is 16.8 Å². The summed E-state index contributed by atoms with van der Waals surface area (Å²) in [5.41, 5.74) is 5.92. The van der Waals surface area contributed by atoms with Crippen molar-refractivity contribution in [3.8, 4) is 0 Å². The number of hydrogen-bond acceptors (Lipinski definition) is 5. The Balaban J connectivity index is 2.79. The van der Waals surface area contributed by atoms with E-state index in [9.17, 15) is 9.59 Å². The third-order valence-corrected chi connectivity index (χ3v) is 4.07. The maximum atomic E-state index is 12.0. The molecule has 0 radical (unpaired) electrons. The van der Waals surface area contributed by atoms with Crippen molar-refractivity contribution in [3.05, 3.63) is 16.5 Å². The first-order chi connectivity index (χ1) is 9.76. The highest BCUT2D eigenvalue weighted by molar-refractivity contribution is 7.16. The van der Waals surface area contributed by atoms with Crippen LogP contribution in [0.4, 0.5) is 5.00 Å². The van der Waals surface area contributed by atoms with Gasteiger partial charge in [-0.1, -0.05) is 6.92 Å². The van der Waals surface area contributed by atoms with Gasteiger partial charge in [-0.3, -0.25) is 4.79 Å². The predicted molar refractivity (Wildman–Crippen MR) is 85.8 cm³/mol. The van der Waals surface area contributed by atoms with Crippen molar-refractivity contribution in [3.63, 3.8) is 0 Å². The van der Waals surface area contributed by atoms with E-state index >= 15 is 0 Å². The highest BCUT2D eigenvalue weighted by Crippen LogP contribution is 2.29. The number of rotatable bonds is 7. The largest absolute Gasteiger partial charge is 0.462 e. The maximum Gasteiger partial charge on any atom is 0.341 e. The Kier molecular flexibility index (Phi) is 6.36. The molecule has 0 saturated carbocycles. The van der Waals surface area contributed by atoms with Crippen molar-refractivity contribution in [1.82, 2.24) is 0 Å². The number of esters is 1. The van der Waals surface area contributed by atoms with Crippen molar-refractivity contribution in [2.75, 3.05) is 11.9 Å². The van der Waals surface area contributed by atoms with Gasteiger partial charge in [0.05, 0.1) is 12.2 Å². The Morgan fingerprint density at radius 2 is 2.05 bits per heavy atom. The molecule has 5 nitrogen and oxygen atoms in total. The molecule has 21 heavy (non-hydrogen) atoms. The van der Waals surface area contributed by atoms with Gasteiger partial charge < -0.3 is 15.8 Å². The van der Waals surface area contributed by atoms with Gasteiger partial charge in [-0.25, -0.2) is 4.79 Å². The quantitative estimate of drug-likeness (QED) is 0.758. The molecule has 0 aliphatic rings. The number of aryl methyl sites for hydroxylation is 1. The first-order valence-electron chi connectivity index (χ1n) is 7.15. The lowest BCUT2D eigenvalue weighted by Crippen LogP contribution is -2.33. The molecule has 0 aromatic carbocycles. The maximum absolute atomic E-state index is 12.0. The lowest BCUT2D eigenvalue weighted by molar-refractivity contribution is -0.116. The third kappa shape index (κ3) is 5.85. The van der Waals surface area contributed by atoms with Crippen LogP contribution in [-0.4, -0.2) is 24.0 Å². The van der Waals surface area contributed by atoms with Gasteiger partial charge in [-0.15, -0.1) is 11.3 Å². The minimum absolute atomic E-state index is 0.136. The second kappa shape index (κ2) is 7.56. The standard InChI is InChI=1S/C15H24N2O3S/c1-5-10-9-11(14(19)20-6-2)13(21-10)17-12(18)7-8-15(3,4)16/h9H,5-8,16H2,1-4H3,(H,17,18). The van der Waals surface area contributed by atoms with Gasteiger partial charge in [0.2, 0.25) is 5.91 Å². The van der Waals surface area contributed by atoms with Gasteiger partial charge in [0.25, 0.3) is 0 Å². The zero-order valence-corrected chi connectivity index (χ0v) is 13.9. The number of amides is 1. The summed E-state index contributed by atoms with van der Waals surface area (Å²) < 4.78 is 5.02. The molecule has 3 N–H and O–H groups in total. The number of nitrogens with two attached hydrogens (primary N) is 1. The molecule has 0 fully saturated rings. The Labute approximate surface area is 129 Å². The van der Waals surface area contributed by atoms with Crippen molar-refractivity contribution in [1.29, 1.82) is 0 Å². The molecule has 0 bridgehead atoms. The molecule has 1 aromatic heterocycles. The van der Waals surface area contributed by atoms with Gasteiger partial charge in [-0.05, 0) is 39.7 Å². The van der Waals surface area contributed by atoms with Crippen molar-refractivity contribution in [2.45, 2.75) is 52.5 Å². The zero-order valence-electron chi connectivity index (χ0n) is 13.1. The number of ether oxygens (including phenoxy) is 1. The summed E-state index contributed by atoms with van der Waals surface area (Å²) in [7, 11) is 0. The van der Waals surface area contributed by atoms with E-state index in [1.54, 1.807) is 13.0 Å². The molecule has 0 aliphatic carbocycles. The van der Waals surface area contributed by atoms with E-state index < -0.39 is 5.97 Å². The van der Waals surface area contributed by atoms with E-state index in [0.29, 0.717) is 30.0 Å². The average Bonchev–Trinajstić information content (AvgIpc) is 2.79. The monoisotopic (exact) mass is 312 g/mol. The molecular formula is C15H24N2O3S. The fourth-order valence-corrected chi connectivity index (χ4v) is 2.69. The van der Waals surface area contributed by atoms with Crippen LogP contribution in [0.5, 0.6) is 0 Å². The fraction of sp³-hybridized carbons (Fsp3) is 0.600. The molecule has 0 saturated heterocycles. The van der Waals surface area contributed by atoms with E-state index in [-0.39, 0.29) is 11.4 Å². The Bertz CT molecular complexity index is 504. The molecule has 1 heterocycles. The normalized spacial score (nSPS) is 11.3. The highest BCUT2D eigenvalue weighted by atomic mass is 32.1. The van der Waals surface area contributed by atoms with E-state index in [4.69, 9.17) is 10.5 Å². The summed E-state index contributed by atoms with van der Waals surface area (Å²) in [5, 5.41) is 3.36. The molecule has 1 rings (SSSR count). The van der Waals surface area contributed by atoms with Gasteiger partial charge in [-0.2, -0.15) is 0 Å². The van der Waals surface area contributed by atoms with Crippen molar-refractivity contribution >= 4 is 28.2 Å². The number of nitrogens with one attached hydrogen (secondary N) is 1. The summed E-state index contributed by atoms with van der Waals surface area (Å²) >= 11 is 1.41. The lowest BCUT2D eigenvalue weighted by Gasteiger charge is -2.17. The van der Waals surface area contributed by atoms with Crippen LogP contribution in [0.3, 0.4) is 0 Å². The summed E-state index contributed by atoms with van der Waals surface area (Å²) in [6.45, 7) is 7.83. The smallest absolute Gasteiger partial charge is 0.341 e. The molecule has 0 unspecified atom stereocenters. The topological polar surface area (TPSA) is 81.4 Å². The molecular weight excluding hydrogens is 288 g/mol. The van der Waals surface area contributed by atoms with Crippen molar-refractivity contribution < 1.29 is 14.3 Å². The fourth-order valence-electron chi connectivity index (χ4n) is 1.69. The Hall–Kier alpha value is -1.40. The molecule has 6 heteroatoms. The summed E-state index contributed by atoms with van der Waals surface area (Å²) in [4.78, 5) is 24.9. The molecule has 0 aliphatic heterocycles. The SMILES string of the molecule is CCOC(=O)c1cc(CC)sc1NC(=O)CCC(C)(C)N. The number of thiophene rings is 1.